The van der Waals surface area contributed by atoms with Crippen LogP contribution in [-0.2, 0) is 4.74 Å². The third-order valence-electron chi connectivity index (χ3n) is 10.1. The minimum absolute atomic E-state index is 0.0924. The van der Waals surface area contributed by atoms with Crippen molar-refractivity contribution in [2.75, 3.05) is 25.6 Å². The molecule has 0 saturated heterocycles. The highest BCUT2D eigenvalue weighted by Gasteiger charge is 2.77. The number of hydrogen-bond acceptors (Lipinski definition) is 5. The molecule has 0 radical (unpaired) electrons. The standard InChI is InChI=1S/C12H15F11O3.C11H10F14O.C11H11F13S/c1-8(13,10(15,16)17)2-6(24)4-26-5-7(25)3-9(14,11(18,19)20)12(21,22)23;12-6(8(14,15)16,9(17,18)19)3-5(1-2-26)4-7(13,10(20,21)22)11(23,24)25;12-7(10(19,20)21,11(22,23)24)4-6(9(16,17)18)3-5(1-2-25)8(13,14)15/h6-7,24-25H,2-5H2,1H3;5,26H,1-4H2;5-6,25H,1-4H2. The topological polar surface area (TPSA) is 69.9 Å². The number of ether oxygens (including phenoxy) is 1. The second-order valence-corrected chi connectivity index (χ2v) is 16.8. The fraction of sp³-hybridized carbons (Fsp3) is 1.00. The van der Waals surface area contributed by atoms with E-state index in [-0.39, 0.29) is 6.92 Å². The number of halogens is 38. The fourth-order valence-electron chi connectivity index (χ4n) is 5.75. The first-order valence-corrected chi connectivity index (χ1v) is 20.1. The maximum Gasteiger partial charge on any atom is 0.431 e. The summed E-state index contributed by atoms with van der Waals surface area (Å²) in [4.78, 5) is 0. The van der Waals surface area contributed by atoms with Crippen LogP contribution in [0.4, 0.5) is 167 Å². The number of aliphatic hydroxyl groups excluding tert-OH is 3. The Morgan fingerprint density at radius 1 is 0.351 bits per heavy atom. The van der Waals surface area contributed by atoms with E-state index >= 15 is 0 Å². The van der Waals surface area contributed by atoms with Gasteiger partial charge >= 0.3 is 73.6 Å². The van der Waals surface area contributed by atoms with Gasteiger partial charge in [-0.1, -0.05) is 0 Å². The molecule has 0 aromatic heterocycles. The number of alkyl halides is 38. The molecule has 0 bridgehead atoms. The molecule has 4 nitrogen and oxygen atoms in total. The summed E-state index contributed by atoms with van der Waals surface area (Å²) in [7, 11) is 0. The quantitative estimate of drug-likeness (QED) is 0.0724. The van der Waals surface area contributed by atoms with Gasteiger partial charge in [0.25, 0.3) is 17.0 Å². The molecule has 0 spiro atoms. The largest absolute Gasteiger partial charge is 0.431 e. The molecule has 468 valence electrons. The van der Waals surface area contributed by atoms with Crippen LogP contribution in [-0.4, -0.2) is 149 Å². The Hall–Kier alpha value is -2.47. The van der Waals surface area contributed by atoms with Gasteiger partial charge < -0.3 is 20.1 Å². The van der Waals surface area contributed by atoms with E-state index in [2.05, 4.69) is 17.4 Å². The molecule has 0 aliphatic rings. The van der Waals surface area contributed by atoms with Gasteiger partial charge in [0.15, 0.2) is 0 Å². The van der Waals surface area contributed by atoms with Crippen LogP contribution in [0.1, 0.15) is 58.3 Å². The summed E-state index contributed by atoms with van der Waals surface area (Å²) in [5.41, 5.74) is -28.3. The molecule has 0 heterocycles. The summed E-state index contributed by atoms with van der Waals surface area (Å²) in [6.45, 7) is -3.94. The lowest BCUT2D eigenvalue weighted by Gasteiger charge is -2.36. The van der Waals surface area contributed by atoms with Crippen molar-refractivity contribution in [2.45, 2.75) is 167 Å². The zero-order chi connectivity index (χ0) is 63.1. The van der Waals surface area contributed by atoms with Crippen molar-refractivity contribution in [2.24, 2.45) is 17.8 Å². The van der Waals surface area contributed by atoms with Crippen LogP contribution in [0, 0.1) is 17.8 Å². The molecular formula is C34H36F38O4S. The Balaban J connectivity index is -0.00000107. The van der Waals surface area contributed by atoms with Gasteiger partial charge in [0.1, 0.15) is 0 Å². The maximum atomic E-state index is 13.5. The van der Waals surface area contributed by atoms with Crippen molar-refractivity contribution in [3.63, 3.8) is 0 Å². The van der Waals surface area contributed by atoms with Gasteiger partial charge in [0.05, 0.1) is 37.3 Å². The zero-order valence-electron chi connectivity index (χ0n) is 36.9. The van der Waals surface area contributed by atoms with Crippen molar-refractivity contribution in [3.05, 3.63) is 0 Å². The van der Waals surface area contributed by atoms with Gasteiger partial charge in [-0.3, -0.25) is 0 Å². The van der Waals surface area contributed by atoms with E-state index < -0.39 is 203 Å². The Bertz CT molecular complexity index is 1610. The van der Waals surface area contributed by atoms with Crippen molar-refractivity contribution in [1.29, 1.82) is 0 Å². The van der Waals surface area contributed by atoms with Crippen molar-refractivity contribution in [3.8, 4) is 0 Å². The van der Waals surface area contributed by atoms with Crippen LogP contribution in [0.2, 0.25) is 0 Å². The summed E-state index contributed by atoms with van der Waals surface area (Å²) in [5.74, 6) is -10.4. The van der Waals surface area contributed by atoms with E-state index in [1.54, 1.807) is 0 Å². The summed E-state index contributed by atoms with van der Waals surface area (Å²) < 4.78 is 481. The molecule has 5 unspecified atom stereocenters. The van der Waals surface area contributed by atoms with E-state index in [0.717, 1.165) is 0 Å². The molecule has 0 aliphatic heterocycles. The molecule has 5 atom stereocenters. The van der Waals surface area contributed by atoms with Crippen molar-refractivity contribution in [1.82, 2.24) is 0 Å². The molecule has 43 heteroatoms. The highest BCUT2D eigenvalue weighted by molar-refractivity contribution is 7.80. The number of thiol groups is 1. The van der Waals surface area contributed by atoms with E-state index in [4.69, 9.17) is 10.2 Å². The monoisotopic (exact) mass is 1260 g/mol. The second kappa shape index (κ2) is 26.2. The molecular weight excluding hydrogens is 1230 g/mol. The molecule has 0 aromatic rings. The van der Waals surface area contributed by atoms with Gasteiger partial charge in [-0.05, 0) is 37.9 Å². The Labute approximate surface area is 410 Å². The van der Waals surface area contributed by atoms with Gasteiger partial charge in [-0.15, -0.1) is 0 Å². The molecule has 0 amide bonds. The average Bonchev–Trinajstić information content (AvgIpc) is 3.12. The molecule has 77 heavy (non-hydrogen) atoms. The molecule has 0 fully saturated rings. The molecule has 0 rings (SSSR count). The van der Waals surface area contributed by atoms with Crippen molar-refractivity contribution < 1.29 is 187 Å². The lowest BCUT2D eigenvalue weighted by atomic mass is 9.81. The van der Waals surface area contributed by atoms with Gasteiger partial charge in [-0.25, -0.2) is 22.0 Å². The summed E-state index contributed by atoms with van der Waals surface area (Å²) in [5, 5.41) is 26.7. The molecule has 0 aliphatic carbocycles. The minimum Gasteiger partial charge on any atom is -0.396 e. The molecule has 0 saturated carbocycles. The predicted octanol–water partition coefficient (Wildman–Crippen LogP) is 15.3. The Morgan fingerprint density at radius 2 is 0.610 bits per heavy atom. The Morgan fingerprint density at radius 3 is 0.844 bits per heavy atom. The lowest BCUT2D eigenvalue weighted by molar-refractivity contribution is -0.357. The first-order chi connectivity index (χ1) is 33.2. The van der Waals surface area contributed by atoms with Crippen molar-refractivity contribution >= 4 is 12.6 Å². The van der Waals surface area contributed by atoms with Crippen LogP contribution in [0.3, 0.4) is 0 Å². The third-order valence-corrected chi connectivity index (χ3v) is 10.4. The third kappa shape index (κ3) is 21.7. The van der Waals surface area contributed by atoms with Gasteiger partial charge in [0.2, 0.25) is 5.67 Å². The van der Waals surface area contributed by atoms with Crippen LogP contribution >= 0.6 is 12.6 Å². The number of rotatable bonds is 20. The predicted molar refractivity (Wildman–Crippen MR) is 183 cm³/mol. The summed E-state index contributed by atoms with van der Waals surface area (Å²) >= 11 is 3.35. The van der Waals surface area contributed by atoms with Crippen LogP contribution in [0.25, 0.3) is 0 Å². The lowest BCUT2D eigenvalue weighted by Crippen LogP contribution is -2.57. The number of hydrogen-bond donors (Lipinski definition) is 4. The first kappa shape index (κ1) is 78.8. The second-order valence-electron chi connectivity index (χ2n) is 16.4. The highest BCUT2D eigenvalue weighted by atomic mass is 32.1. The number of aliphatic hydroxyl groups is 3. The smallest absolute Gasteiger partial charge is 0.396 e. The summed E-state index contributed by atoms with van der Waals surface area (Å²) in [6.07, 6.45) is -92.8. The Kier molecular flexibility index (Phi) is 26.8. The van der Waals surface area contributed by atoms with Crippen LogP contribution < -0.4 is 0 Å². The minimum atomic E-state index is -6.79. The van der Waals surface area contributed by atoms with E-state index in [1.807, 2.05) is 0 Å². The normalized spacial score (nSPS) is 17.5. The van der Waals surface area contributed by atoms with E-state index in [1.165, 1.54) is 0 Å². The molecule has 3 N–H and O–H groups in total. The highest BCUT2D eigenvalue weighted by Crippen LogP contribution is 2.57. The van der Waals surface area contributed by atoms with E-state index in [0.29, 0.717) is 0 Å². The fourth-order valence-corrected chi connectivity index (χ4v) is 6.06. The van der Waals surface area contributed by atoms with Gasteiger partial charge in [-0.2, -0.15) is 158 Å². The van der Waals surface area contributed by atoms with Crippen LogP contribution in [0.5, 0.6) is 0 Å². The van der Waals surface area contributed by atoms with Gasteiger partial charge in [0, 0.05) is 38.7 Å². The molecule has 0 aromatic carbocycles. The van der Waals surface area contributed by atoms with Crippen LogP contribution in [0.15, 0.2) is 0 Å². The zero-order valence-corrected chi connectivity index (χ0v) is 37.8. The first-order valence-electron chi connectivity index (χ1n) is 19.5. The van der Waals surface area contributed by atoms with E-state index in [9.17, 15) is 172 Å². The summed E-state index contributed by atoms with van der Waals surface area (Å²) in [6, 6.07) is 0. The maximum absolute atomic E-state index is 13.5. The SMILES string of the molecule is CC(F)(CC(O)COCC(O)CC(F)(C(F)(F)F)C(F)(F)F)C(F)(F)F.FC(F)(F)C(CCS)CC(CC(F)(C(F)(F)F)C(F)(F)F)C(F)(F)F.OCCC(CC(F)(C(F)(F)F)C(F)(F)F)CC(F)(C(F)(F)F)C(F)(F)F. The average molecular weight is 1260 g/mol.